The summed E-state index contributed by atoms with van der Waals surface area (Å²) in [7, 11) is 1.28. The van der Waals surface area contributed by atoms with Crippen molar-refractivity contribution in [3.63, 3.8) is 0 Å². The number of nitrogens with two attached hydrogens (primary N) is 1. The second kappa shape index (κ2) is 4.28. The van der Waals surface area contributed by atoms with Crippen molar-refractivity contribution in [1.29, 1.82) is 0 Å². The van der Waals surface area contributed by atoms with Gasteiger partial charge < -0.3 is 10.5 Å². The molecule has 2 rings (SSSR count). The molecule has 7 nitrogen and oxygen atoms in total. The van der Waals surface area contributed by atoms with Gasteiger partial charge in [0.25, 0.3) is 0 Å². The third-order valence-corrected chi connectivity index (χ3v) is 2.38. The summed E-state index contributed by atoms with van der Waals surface area (Å²) in [6.45, 7) is 2.74. The van der Waals surface area contributed by atoms with Crippen LogP contribution in [0.5, 0.6) is 0 Å². The van der Waals surface area contributed by atoms with Gasteiger partial charge in [0.1, 0.15) is 12.1 Å². The van der Waals surface area contributed by atoms with Crippen molar-refractivity contribution in [2.24, 2.45) is 0 Å². The molecule has 0 atom stereocenters. The number of ether oxygens (including phenoxy) is 1. The van der Waals surface area contributed by atoms with Crippen LogP contribution in [0, 0.1) is 0 Å². The zero-order valence-electron chi connectivity index (χ0n) is 9.62. The highest BCUT2D eigenvalue weighted by Gasteiger charge is 2.17. The number of rotatable bonds is 3. The Morgan fingerprint density at radius 2 is 2.35 bits per heavy atom. The number of aryl methyl sites for hydroxylation is 1. The minimum absolute atomic E-state index is 0.0959. The fourth-order valence-corrected chi connectivity index (χ4v) is 1.45. The topological polar surface area (TPSA) is 88.0 Å². The van der Waals surface area contributed by atoms with Gasteiger partial charge in [-0.25, -0.2) is 9.78 Å². The Morgan fingerprint density at radius 1 is 1.59 bits per heavy atom. The smallest absolute Gasteiger partial charge is 0.360 e. The zero-order chi connectivity index (χ0) is 12.4. The molecule has 0 bridgehead atoms. The third-order valence-electron chi connectivity index (χ3n) is 2.38. The Bertz CT molecular complexity index is 543. The van der Waals surface area contributed by atoms with Crippen LogP contribution in [0.15, 0.2) is 18.6 Å². The summed E-state index contributed by atoms with van der Waals surface area (Å²) in [5.41, 5.74) is 5.91. The third kappa shape index (κ3) is 1.86. The molecule has 0 unspecified atom stereocenters. The van der Waals surface area contributed by atoms with Crippen LogP contribution in [0.4, 0.5) is 5.82 Å². The Morgan fingerprint density at radius 3 is 2.94 bits per heavy atom. The molecule has 0 amide bonds. The molecule has 0 radical (unpaired) electrons. The van der Waals surface area contributed by atoms with E-state index in [0.717, 1.165) is 6.54 Å². The SMILES string of the molecule is CCn1ccc(-n2cnc(C(=O)OC)c2N)n1. The van der Waals surface area contributed by atoms with Gasteiger partial charge >= 0.3 is 5.97 Å². The van der Waals surface area contributed by atoms with Gasteiger partial charge in [-0.1, -0.05) is 0 Å². The van der Waals surface area contributed by atoms with E-state index < -0.39 is 5.97 Å². The molecule has 0 fully saturated rings. The quantitative estimate of drug-likeness (QED) is 0.781. The summed E-state index contributed by atoms with van der Waals surface area (Å²) in [4.78, 5) is 15.2. The number of carbonyl (C=O) groups excluding carboxylic acids is 1. The van der Waals surface area contributed by atoms with Crippen molar-refractivity contribution in [1.82, 2.24) is 19.3 Å². The fraction of sp³-hybridized carbons (Fsp3) is 0.300. The molecule has 2 aromatic rings. The van der Waals surface area contributed by atoms with Crippen LogP contribution in [0.25, 0.3) is 5.82 Å². The molecular formula is C10H13N5O2. The van der Waals surface area contributed by atoms with Crippen LogP contribution in [0.3, 0.4) is 0 Å². The van der Waals surface area contributed by atoms with E-state index in [2.05, 4.69) is 14.8 Å². The number of nitrogens with zero attached hydrogens (tertiary/aromatic N) is 4. The molecule has 0 aliphatic heterocycles. The first-order valence-electron chi connectivity index (χ1n) is 5.12. The van der Waals surface area contributed by atoms with Crippen LogP contribution in [-0.4, -0.2) is 32.4 Å². The van der Waals surface area contributed by atoms with E-state index in [1.807, 2.05) is 13.1 Å². The van der Waals surface area contributed by atoms with Crippen molar-refractivity contribution >= 4 is 11.8 Å². The second-order valence-electron chi connectivity index (χ2n) is 3.37. The molecule has 0 aliphatic rings. The van der Waals surface area contributed by atoms with E-state index in [9.17, 15) is 4.79 Å². The number of aromatic nitrogens is 4. The average molecular weight is 235 g/mol. The number of carbonyl (C=O) groups is 1. The largest absolute Gasteiger partial charge is 0.464 e. The molecule has 0 saturated carbocycles. The van der Waals surface area contributed by atoms with E-state index in [-0.39, 0.29) is 11.5 Å². The predicted octanol–water partition coefficient (Wildman–Crippen LogP) is 0.457. The summed E-state index contributed by atoms with van der Waals surface area (Å²) >= 11 is 0. The predicted molar refractivity (Wildman–Crippen MR) is 60.8 cm³/mol. The fourth-order valence-electron chi connectivity index (χ4n) is 1.45. The monoisotopic (exact) mass is 235 g/mol. The van der Waals surface area contributed by atoms with E-state index in [1.165, 1.54) is 13.4 Å². The molecule has 90 valence electrons. The highest BCUT2D eigenvalue weighted by atomic mass is 16.5. The Hall–Kier alpha value is -2.31. The van der Waals surface area contributed by atoms with Crippen molar-refractivity contribution in [3.8, 4) is 5.82 Å². The van der Waals surface area contributed by atoms with Crippen LogP contribution in [0.1, 0.15) is 17.4 Å². The maximum atomic E-state index is 11.3. The highest BCUT2D eigenvalue weighted by Crippen LogP contribution is 2.16. The summed E-state index contributed by atoms with van der Waals surface area (Å²) in [6.07, 6.45) is 3.27. The van der Waals surface area contributed by atoms with Gasteiger partial charge in [-0.15, -0.1) is 0 Å². The Labute approximate surface area is 97.8 Å². The van der Waals surface area contributed by atoms with E-state index in [4.69, 9.17) is 5.73 Å². The lowest BCUT2D eigenvalue weighted by molar-refractivity contribution is 0.0596. The molecular weight excluding hydrogens is 222 g/mol. The summed E-state index contributed by atoms with van der Waals surface area (Å²) in [5, 5.41) is 4.27. The van der Waals surface area contributed by atoms with Gasteiger partial charge in [0.15, 0.2) is 11.5 Å². The van der Waals surface area contributed by atoms with Crippen molar-refractivity contribution in [2.45, 2.75) is 13.5 Å². The van der Waals surface area contributed by atoms with Gasteiger partial charge in [0, 0.05) is 18.8 Å². The molecule has 17 heavy (non-hydrogen) atoms. The number of esters is 1. The first-order chi connectivity index (χ1) is 8.17. The number of methoxy groups -OCH3 is 1. The number of hydrogen-bond donors (Lipinski definition) is 1. The number of hydrogen-bond acceptors (Lipinski definition) is 5. The standard InChI is InChI=1S/C10H13N5O2/c1-3-14-5-4-7(13-14)15-6-12-8(9(15)11)10(16)17-2/h4-6H,3,11H2,1-2H3. The lowest BCUT2D eigenvalue weighted by Crippen LogP contribution is -2.08. The van der Waals surface area contributed by atoms with Crippen molar-refractivity contribution in [3.05, 3.63) is 24.3 Å². The second-order valence-corrected chi connectivity index (χ2v) is 3.37. The van der Waals surface area contributed by atoms with Crippen LogP contribution in [-0.2, 0) is 11.3 Å². The van der Waals surface area contributed by atoms with Crippen molar-refractivity contribution < 1.29 is 9.53 Å². The molecule has 2 N–H and O–H groups in total. The zero-order valence-corrected chi connectivity index (χ0v) is 9.62. The van der Waals surface area contributed by atoms with Crippen LogP contribution in [0.2, 0.25) is 0 Å². The molecule has 2 heterocycles. The molecule has 2 aromatic heterocycles. The molecule has 0 aliphatic carbocycles. The highest BCUT2D eigenvalue weighted by molar-refractivity contribution is 5.92. The van der Waals surface area contributed by atoms with Gasteiger partial charge in [-0.05, 0) is 6.92 Å². The molecule has 0 aromatic carbocycles. The number of nitrogen functional groups attached to an aromatic ring is 1. The first kappa shape index (κ1) is 11.2. The van der Waals surface area contributed by atoms with E-state index >= 15 is 0 Å². The lowest BCUT2D eigenvalue weighted by Gasteiger charge is -2.01. The summed E-state index contributed by atoms with van der Waals surface area (Å²) in [6, 6.07) is 1.79. The normalized spacial score (nSPS) is 10.5. The van der Waals surface area contributed by atoms with E-state index in [0.29, 0.717) is 5.82 Å². The van der Waals surface area contributed by atoms with E-state index in [1.54, 1.807) is 15.3 Å². The van der Waals surface area contributed by atoms with Gasteiger partial charge in [-0.2, -0.15) is 5.10 Å². The lowest BCUT2D eigenvalue weighted by atomic mass is 10.4. The Balaban J connectivity index is 2.40. The van der Waals surface area contributed by atoms with Crippen LogP contribution >= 0.6 is 0 Å². The van der Waals surface area contributed by atoms with Crippen molar-refractivity contribution in [2.75, 3.05) is 12.8 Å². The van der Waals surface area contributed by atoms with Crippen LogP contribution < -0.4 is 5.73 Å². The number of anilines is 1. The summed E-state index contributed by atoms with van der Waals surface area (Å²) < 4.78 is 7.87. The first-order valence-corrected chi connectivity index (χ1v) is 5.12. The maximum Gasteiger partial charge on any atom is 0.360 e. The average Bonchev–Trinajstić information content (AvgIpc) is 2.94. The molecule has 7 heteroatoms. The number of imidazole rings is 1. The molecule has 0 saturated heterocycles. The Kier molecular flexibility index (Phi) is 2.82. The maximum absolute atomic E-state index is 11.3. The molecule has 0 spiro atoms. The van der Waals surface area contributed by atoms with Gasteiger partial charge in [0.05, 0.1) is 7.11 Å². The minimum Gasteiger partial charge on any atom is -0.464 e. The summed E-state index contributed by atoms with van der Waals surface area (Å²) in [5.74, 6) is 0.279. The van der Waals surface area contributed by atoms with Gasteiger partial charge in [-0.3, -0.25) is 9.25 Å². The van der Waals surface area contributed by atoms with Gasteiger partial charge in [0.2, 0.25) is 0 Å². The minimum atomic E-state index is -0.559.